The fourth-order valence-corrected chi connectivity index (χ4v) is 1.27. The summed E-state index contributed by atoms with van der Waals surface area (Å²) in [6, 6.07) is 9.29. The van der Waals surface area contributed by atoms with Gasteiger partial charge in [0.1, 0.15) is 11.4 Å². The molecule has 0 saturated heterocycles. The molecule has 0 spiro atoms. The topological polar surface area (TPSA) is 9.23 Å². The average molecular weight is 205 g/mol. The number of rotatable bonds is 1. The minimum absolute atomic E-state index is 0.153. The second kappa shape index (κ2) is 3.88. The SMILES string of the molecule is CC(C)(C)Oc1[c]cc(C(C)(C)C)cc1. The fraction of sp³-hybridized carbons (Fsp3) is 0.571. The quantitative estimate of drug-likeness (QED) is 0.674. The van der Waals surface area contributed by atoms with Gasteiger partial charge >= 0.3 is 0 Å². The minimum atomic E-state index is -0.153. The summed E-state index contributed by atoms with van der Waals surface area (Å²) in [6.45, 7) is 12.7. The molecule has 0 bridgehead atoms. The van der Waals surface area contributed by atoms with Crippen LogP contribution in [-0.4, -0.2) is 5.60 Å². The van der Waals surface area contributed by atoms with Crippen molar-refractivity contribution < 1.29 is 4.74 Å². The Balaban J connectivity index is 2.82. The normalized spacial score (nSPS) is 12.7. The molecule has 1 nitrogen and oxygen atoms in total. The van der Waals surface area contributed by atoms with Crippen LogP contribution in [0.1, 0.15) is 47.1 Å². The van der Waals surface area contributed by atoms with E-state index in [0.29, 0.717) is 0 Å². The Kier molecular flexibility index (Phi) is 3.13. The molecule has 15 heavy (non-hydrogen) atoms. The van der Waals surface area contributed by atoms with Gasteiger partial charge in [-0.05, 0) is 43.9 Å². The number of hydrogen-bond donors (Lipinski definition) is 0. The van der Waals surface area contributed by atoms with E-state index < -0.39 is 0 Å². The molecule has 0 amide bonds. The Morgan fingerprint density at radius 2 is 1.60 bits per heavy atom. The summed E-state index contributed by atoms with van der Waals surface area (Å²) in [5.41, 5.74) is 1.31. The maximum atomic E-state index is 5.71. The molecular formula is C14H21O. The molecule has 0 aliphatic carbocycles. The average Bonchev–Trinajstić information content (AvgIpc) is 2.00. The Morgan fingerprint density at radius 3 is 1.93 bits per heavy atom. The van der Waals surface area contributed by atoms with Gasteiger partial charge in [-0.3, -0.25) is 0 Å². The molecule has 0 fully saturated rings. The molecule has 0 atom stereocenters. The van der Waals surface area contributed by atoms with Crippen LogP contribution in [0.5, 0.6) is 5.75 Å². The Morgan fingerprint density at radius 1 is 1.00 bits per heavy atom. The van der Waals surface area contributed by atoms with Crippen LogP contribution in [0.2, 0.25) is 0 Å². The van der Waals surface area contributed by atoms with Crippen LogP contribution < -0.4 is 4.74 Å². The molecule has 0 N–H and O–H groups in total. The van der Waals surface area contributed by atoms with Crippen molar-refractivity contribution in [2.24, 2.45) is 0 Å². The van der Waals surface area contributed by atoms with Gasteiger partial charge in [-0.2, -0.15) is 0 Å². The predicted molar refractivity (Wildman–Crippen MR) is 64.4 cm³/mol. The molecule has 0 aliphatic rings. The third-order valence-electron chi connectivity index (χ3n) is 2.07. The summed E-state index contributed by atoms with van der Waals surface area (Å²) in [7, 11) is 0. The summed E-state index contributed by atoms with van der Waals surface area (Å²) < 4.78 is 5.71. The van der Waals surface area contributed by atoms with E-state index in [-0.39, 0.29) is 11.0 Å². The van der Waals surface area contributed by atoms with Crippen LogP contribution in [0.3, 0.4) is 0 Å². The lowest BCUT2D eigenvalue weighted by molar-refractivity contribution is 0.130. The van der Waals surface area contributed by atoms with Crippen LogP contribution >= 0.6 is 0 Å². The summed E-state index contributed by atoms with van der Waals surface area (Å²) in [5.74, 6) is 0.815. The van der Waals surface area contributed by atoms with Crippen LogP contribution in [0.4, 0.5) is 0 Å². The first kappa shape index (κ1) is 12.1. The molecule has 0 aliphatic heterocycles. The van der Waals surface area contributed by atoms with E-state index in [9.17, 15) is 0 Å². The van der Waals surface area contributed by atoms with Crippen molar-refractivity contribution in [3.05, 3.63) is 29.8 Å². The predicted octanol–water partition coefficient (Wildman–Crippen LogP) is 3.96. The van der Waals surface area contributed by atoms with Crippen molar-refractivity contribution in [3.8, 4) is 5.75 Å². The molecule has 83 valence electrons. The zero-order valence-corrected chi connectivity index (χ0v) is 10.6. The lowest BCUT2D eigenvalue weighted by atomic mass is 9.87. The molecule has 1 rings (SSSR count). The highest BCUT2D eigenvalue weighted by Gasteiger charge is 2.15. The summed E-state index contributed by atoms with van der Waals surface area (Å²) >= 11 is 0. The van der Waals surface area contributed by atoms with Crippen LogP contribution in [0.15, 0.2) is 18.2 Å². The summed E-state index contributed by atoms with van der Waals surface area (Å²) in [5, 5.41) is 0. The number of ether oxygens (including phenoxy) is 1. The molecule has 0 heterocycles. The van der Waals surface area contributed by atoms with Crippen molar-refractivity contribution in [1.29, 1.82) is 0 Å². The molecule has 1 heteroatoms. The zero-order valence-electron chi connectivity index (χ0n) is 10.6. The molecule has 0 aromatic heterocycles. The van der Waals surface area contributed by atoms with Gasteiger partial charge in [0, 0.05) is 6.07 Å². The van der Waals surface area contributed by atoms with E-state index in [2.05, 4.69) is 32.9 Å². The Hall–Kier alpha value is -0.980. The van der Waals surface area contributed by atoms with E-state index in [1.807, 2.05) is 32.9 Å². The van der Waals surface area contributed by atoms with Gasteiger partial charge in [0.05, 0.1) is 0 Å². The third kappa shape index (κ3) is 3.94. The maximum Gasteiger partial charge on any atom is 0.128 e. The van der Waals surface area contributed by atoms with Gasteiger partial charge in [-0.1, -0.05) is 26.8 Å². The molecular weight excluding hydrogens is 184 g/mol. The minimum Gasteiger partial charge on any atom is -0.488 e. The van der Waals surface area contributed by atoms with Gasteiger partial charge in [0.25, 0.3) is 0 Å². The van der Waals surface area contributed by atoms with E-state index >= 15 is 0 Å². The van der Waals surface area contributed by atoms with Gasteiger partial charge in [0.2, 0.25) is 0 Å². The third-order valence-corrected chi connectivity index (χ3v) is 2.07. The van der Waals surface area contributed by atoms with Crippen LogP contribution in [-0.2, 0) is 5.41 Å². The van der Waals surface area contributed by atoms with Crippen molar-refractivity contribution in [2.45, 2.75) is 52.6 Å². The van der Waals surface area contributed by atoms with Gasteiger partial charge in [0.15, 0.2) is 0 Å². The van der Waals surface area contributed by atoms with Gasteiger partial charge in [-0.25, -0.2) is 0 Å². The molecule has 1 aromatic carbocycles. The monoisotopic (exact) mass is 205 g/mol. The van der Waals surface area contributed by atoms with Crippen LogP contribution in [0.25, 0.3) is 0 Å². The highest BCUT2D eigenvalue weighted by atomic mass is 16.5. The van der Waals surface area contributed by atoms with Gasteiger partial charge in [-0.15, -0.1) is 0 Å². The van der Waals surface area contributed by atoms with Crippen molar-refractivity contribution in [2.75, 3.05) is 0 Å². The smallest absolute Gasteiger partial charge is 0.128 e. The standard InChI is InChI=1S/C14H21O/c1-13(2,3)11-7-9-12(10-8-11)15-14(4,5)6/h7-9H,1-6H3. The highest BCUT2D eigenvalue weighted by molar-refractivity contribution is 5.30. The first-order valence-corrected chi connectivity index (χ1v) is 5.40. The van der Waals surface area contributed by atoms with Crippen molar-refractivity contribution >= 4 is 0 Å². The molecule has 1 radical (unpaired) electrons. The summed E-state index contributed by atoms with van der Waals surface area (Å²) in [4.78, 5) is 0. The highest BCUT2D eigenvalue weighted by Crippen LogP contribution is 2.25. The Labute approximate surface area is 93.5 Å². The fourth-order valence-electron chi connectivity index (χ4n) is 1.27. The molecule has 1 aromatic rings. The first-order valence-electron chi connectivity index (χ1n) is 5.40. The lowest BCUT2D eigenvalue weighted by Gasteiger charge is -2.23. The van der Waals surface area contributed by atoms with E-state index in [1.54, 1.807) is 0 Å². The summed E-state index contributed by atoms with van der Waals surface area (Å²) in [6.07, 6.45) is 0. The largest absolute Gasteiger partial charge is 0.488 e. The number of benzene rings is 1. The van der Waals surface area contributed by atoms with E-state index in [4.69, 9.17) is 4.74 Å². The Bertz CT molecular complexity index is 309. The second-order valence-electron chi connectivity index (χ2n) is 5.91. The maximum absolute atomic E-state index is 5.71. The van der Waals surface area contributed by atoms with Crippen molar-refractivity contribution in [1.82, 2.24) is 0 Å². The zero-order chi connectivity index (χ0) is 11.7. The molecule has 0 saturated carbocycles. The second-order valence-corrected chi connectivity index (χ2v) is 5.91. The number of hydrogen-bond acceptors (Lipinski definition) is 1. The first-order chi connectivity index (χ1) is 6.68. The van der Waals surface area contributed by atoms with E-state index in [0.717, 1.165) is 5.75 Å². The lowest BCUT2D eigenvalue weighted by Crippen LogP contribution is -2.23. The van der Waals surface area contributed by atoms with Crippen LogP contribution in [0, 0.1) is 6.07 Å². The van der Waals surface area contributed by atoms with Crippen molar-refractivity contribution in [3.63, 3.8) is 0 Å². The molecule has 0 unspecified atom stereocenters. The van der Waals surface area contributed by atoms with E-state index in [1.165, 1.54) is 5.56 Å². The van der Waals surface area contributed by atoms with Gasteiger partial charge < -0.3 is 4.74 Å².